The molecule has 1 heterocycles. The first kappa shape index (κ1) is 16.9. The highest BCUT2D eigenvalue weighted by Gasteiger charge is 2.04. The minimum atomic E-state index is 0.679. The molecule has 1 aromatic heterocycles. The van der Waals surface area contributed by atoms with Crippen LogP contribution in [0.2, 0.25) is 0 Å². The minimum Gasteiger partial charge on any atom is -0.494 e. The molecular formula is C17H25N5O. The van der Waals surface area contributed by atoms with E-state index in [0.717, 1.165) is 30.4 Å². The smallest absolute Gasteiger partial charge is 0.191 e. The first-order chi connectivity index (χ1) is 11.2. The molecule has 0 unspecified atom stereocenters. The quantitative estimate of drug-likeness (QED) is 0.603. The second kappa shape index (κ2) is 8.82. The number of hydrogen-bond acceptors (Lipinski definition) is 3. The number of ether oxygens (including phenoxy) is 1. The van der Waals surface area contributed by atoms with Crippen molar-refractivity contribution in [2.75, 3.05) is 20.2 Å². The molecule has 1 aromatic carbocycles. The average molecular weight is 315 g/mol. The second-order valence-electron chi connectivity index (χ2n) is 5.09. The van der Waals surface area contributed by atoms with Gasteiger partial charge in [-0.05, 0) is 31.0 Å². The molecule has 2 aromatic rings. The maximum atomic E-state index is 5.65. The van der Waals surface area contributed by atoms with Gasteiger partial charge in [-0.15, -0.1) is 0 Å². The van der Waals surface area contributed by atoms with E-state index >= 15 is 0 Å². The van der Waals surface area contributed by atoms with Crippen LogP contribution in [0.4, 0.5) is 0 Å². The Bertz CT molecular complexity index is 635. The molecule has 0 saturated carbocycles. The molecule has 0 fully saturated rings. The zero-order valence-corrected chi connectivity index (χ0v) is 14.0. The van der Waals surface area contributed by atoms with Gasteiger partial charge in [0, 0.05) is 26.8 Å². The Morgan fingerprint density at radius 2 is 2.09 bits per heavy atom. The van der Waals surface area contributed by atoms with Crippen LogP contribution < -0.4 is 15.4 Å². The van der Waals surface area contributed by atoms with Gasteiger partial charge in [-0.2, -0.15) is 5.10 Å². The van der Waals surface area contributed by atoms with Crippen molar-refractivity contribution in [3.05, 3.63) is 47.8 Å². The van der Waals surface area contributed by atoms with Gasteiger partial charge < -0.3 is 15.4 Å². The van der Waals surface area contributed by atoms with Crippen molar-refractivity contribution in [1.82, 2.24) is 20.4 Å². The molecule has 0 amide bonds. The summed E-state index contributed by atoms with van der Waals surface area (Å²) in [5.41, 5.74) is 2.30. The highest BCUT2D eigenvalue weighted by molar-refractivity contribution is 5.79. The highest BCUT2D eigenvalue weighted by atomic mass is 16.5. The minimum absolute atomic E-state index is 0.679. The number of rotatable bonds is 7. The monoisotopic (exact) mass is 315 g/mol. The van der Waals surface area contributed by atoms with Crippen molar-refractivity contribution in [2.24, 2.45) is 12.0 Å². The van der Waals surface area contributed by atoms with Gasteiger partial charge in [-0.1, -0.05) is 18.2 Å². The molecule has 6 nitrogen and oxygen atoms in total. The molecule has 2 N–H and O–H groups in total. The zero-order chi connectivity index (χ0) is 16.5. The van der Waals surface area contributed by atoms with Gasteiger partial charge in [0.2, 0.25) is 0 Å². The molecule has 0 aliphatic rings. The molecule has 0 spiro atoms. The topological polar surface area (TPSA) is 63.5 Å². The Kier molecular flexibility index (Phi) is 6.47. The normalized spacial score (nSPS) is 11.3. The number of nitrogens with zero attached hydrogens (tertiary/aromatic N) is 3. The van der Waals surface area contributed by atoms with E-state index < -0.39 is 0 Å². The van der Waals surface area contributed by atoms with E-state index in [9.17, 15) is 0 Å². The fourth-order valence-electron chi connectivity index (χ4n) is 2.29. The maximum Gasteiger partial charge on any atom is 0.191 e. The zero-order valence-electron chi connectivity index (χ0n) is 14.0. The number of hydrogen-bond donors (Lipinski definition) is 2. The van der Waals surface area contributed by atoms with Crippen LogP contribution in [0.3, 0.4) is 0 Å². The lowest BCUT2D eigenvalue weighted by molar-refractivity contribution is 0.336. The lowest BCUT2D eigenvalue weighted by atomic mass is 10.1. The molecule has 0 aliphatic heterocycles. The standard InChI is InChI=1S/C17H25N5O/c1-4-23-16-8-6-5-7-14(16)9-11-19-17(18-2)20-13-15-10-12-21-22(15)3/h5-8,10,12H,4,9,11,13H2,1-3H3,(H2,18,19,20). The van der Waals surface area contributed by atoms with Gasteiger partial charge in [0.1, 0.15) is 5.75 Å². The predicted octanol–water partition coefficient (Wildman–Crippen LogP) is 1.73. The number of nitrogens with one attached hydrogen (secondary N) is 2. The van der Waals surface area contributed by atoms with Crippen molar-refractivity contribution in [1.29, 1.82) is 0 Å². The maximum absolute atomic E-state index is 5.65. The summed E-state index contributed by atoms with van der Waals surface area (Å²) in [6, 6.07) is 10.1. The Labute approximate surface area is 137 Å². The molecule has 0 radical (unpaired) electrons. The van der Waals surface area contributed by atoms with E-state index in [1.54, 1.807) is 13.2 Å². The molecule has 0 atom stereocenters. The third-order valence-electron chi connectivity index (χ3n) is 3.54. The van der Waals surface area contributed by atoms with E-state index in [1.165, 1.54) is 5.56 Å². The Morgan fingerprint density at radius 3 is 2.78 bits per heavy atom. The van der Waals surface area contributed by atoms with Crippen molar-refractivity contribution in [3.63, 3.8) is 0 Å². The first-order valence-electron chi connectivity index (χ1n) is 7.86. The first-order valence-corrected chi connectivity index (χ1v) is 7.86. The van der Waals surface area contributed by atoms with Gasteiger partial charge in [0.15, 0.2) is 5.96 Å². The summed E-state index contributed by atoms with van der Waals surface area (Å²) in [7, 11) is 3.70. The van der Waals surface area contributed by atoms with Crippen LogP contribution >= 0.6 is 0 Å². The van der Waals surface area contributed by atoms with Gasteiger partial charge >= 0.3 is 0 Å². The molecule has 6 heteroatoms. The Morgan fingerprint density at radius 1 is 1.26 bits per heavy atom. The van der Waals surface area contributed by atoms with Gasteiger partial charge in [0.05, 0.1) is 18.8 Å². The number of para-hydroxylation sites is 1. The summed E-state index contributed by atoms with van der Waals surface area (Å²) >= 11 is 0. The fourth-order valence-corrected chi connectivity index (χ4v) is 2.29. The van der Waals surface area contributed by atoms with Crippen LogP contribution in [0.25, 0.3) is 0 Å². The Balaban J connectivity index is 1.81. The lowest BCUT2D eigenvalue weighted by Gasteiger charge is -2.13. The number of aryl methyl sites for hydroxylation is 1. The molecule has 0 aliphatic carbocycles. The van der Waals surface area contributed by atoms with E-state index in [0.29, 0.717) is 13.2 Å². The van der Waals surface area contributed by atoms with E-state index in [-0.39, 0.29) is 0 Å². The van der Waals surface area contributed by atoms with Gasteiger partial charge in [-0.3, -0.25) is 9.67 Å². The van der Waals surface area contributed by atoms with Crippen LogP contribution in [-0.2, 0) is 20.0 Å². The predicted molar refractivity (Wildman–Crippen MR) is 92.7 cm³/mol. The van der Waals surface area contributed by atoms with Crippen LogP contribution in [0.5, 0.6) is 5.75 Å². The Hall–Kier alpha value is -2.50. The van der Waals surface area contributed by atoms with E-state index in [4.69, 9.17) is 4.74 Å². The fraction of sp³-hybridized carbons (Fsp3) is 0.412. The molecule has 124 valence electrons. The summed E-state index contributed by atoms with van der Waals surface area (Å²) in [4.78, 5) is 4.24. The molecular weight excluding hydrogens is 290 g/mol. The summed E-state index contributed by atoms with van der Waals surface area (Å²) in [5, 5.41) is 10.8. The second-order valence-corrected chi connectivity index (χ2v) is 5.09. The number of aliphatic imine (C=N–C) groups is 1. The third kappa shape index (κ3) is 5.02. The molecule has 2 rings (SSSR count). The van der Waals surface area contributed by atoms with Gasteiger partial charge in [0.25, 0.3) is 0 Å². The summed E-state index contributed by atoms with van der Waals surface area (Å²) in [5.74, 6) is 1.73. The van der Waals surface area contributed by atoms with Gasteiger partial charge in [-0.25, -0.2) is 0 Å². The third-order valence-corrected chi connectivity index (χ3v) is 3.54. The summed E-state index contributed by atoms with van der Waals surface area (Å²) in [6.07, 6.45) is 2.67. The van der Waals surface area contributed by atoms with Crippen LogP contribution in [-0.4, -0.2) is 35.9 Å². The highest BCUT2D eigenvalue weighted by Crippen LogP contribution is 2.17. The van der Waals surface area contributed by atoms with Crippen molar-refractivity contribution in [3.8, 4) is 5.75 Å². The number of aromatic nitrogens is 2. The molecule has 23 heavy (non-hydrogen) atoms. The number of benzene rings is 1. The number of guanidine groups is 1. The van der Waals surface area contributed by atoms with Crippen LogP contribution in [0, 0.1) is 0 Å². The van der Waals surface area contributed by atoms with Crippen molar-refractivity contribution < 1.29 is 4.74 Å². The van der Waals surface area contributed by atoms with Crippen molar-refractivity contribution >= 4 is 5.96 Å². The average Bonchev–Trinajstić information content (AvgIpc) is 2.97. The largest absolute Gasteiger partial charge is 0.494 e. The van der Waals surface area contributed by atoms with E-state index in [2.05, 4.69) is 26.8 Å². The summed E-state index contributed by atoms with van der Waals surface area (Å²) in [6.45, 7) is 4.15. The van der Waals surface area contributed by atoms with E-state index in [1.807, 2.05) is 42.9 Å². The molecule has 0 saturated heterocycles. The van der Waals surface area contributed by atoms with Crippen LogP contribution in [0.15, 0.2) is 41.5 Å². The lowest BCUT2D eigenvalue weighted by Crippen LogP contribution is -2.38. The summed E-state index contributed by atoms with van der Waals surface area (Å²) < 4.78 is 7.49. The van der Waals surface area contributed by atoms with Crippen molar-refractivity contribution in [2.45, 2.75) is 19.9 Å². The SMILES string of the molecule is CCOc1ccccc1CCNC(=NC)NCc1ccnn1C. The molecule has 0 bridgehead atoms. The van der Waals surface area contributed by atoms with Crippen LogP contribution in [0.1, 0.15) is 18.2 Å².